The van der Waals surface area contributed by atoms with Crippen molar-refractivity contribution in [3.63, 3.8) is 0 Å². The normalized spacial score (nSPS) is 11.6. The van der Waals surface area contributed by atoms with Crippen molar-refractivity contribution in [1.29, 1.82) is 0 Å². The highest BCUT2D eigenvalue weighted by Gasteiger charge is 2.27. The van der Waals surface area contributed by atoms with Gasteiger partial charge in [0, 0.05) is 24.1 Å². The van der Waals surface area contributed by atoms with Crippen molar-refractivity contribution in [1.82, 2.24) is 5.16 Å². The second-order valence-corrected chi connectivity index (χ2v) is 12.1. The third-order valence-electron chi connectivity index (χ3n) is 6.09. The summed E-state index contributed by atoms with van der Waals surface area (Å²) in [6.07, 6.45) is 0. The van der Waals surface area contributed by atoms with Gasteiger partial charge in [0.1, 0.15) is 23.8 Å². The molecule has 1 aromatic heterocycles. The number of nitrogens with zero attached hydrogens (tertiary/aromatic N) is 2. The third kappa shape index (κ3) is 5.93. The minimum absolute atomic E-state index is 0.0000365. The van der Waals surface area contributed by atoms with E-state index in [9.17, 15) is 13.2 Å². The second-order valence-electron chi connectivity index (χ2n) is 9.03. The summed E-state index contributed by atoms with van der Waals surface area (Å²) in [5.41, 5.74) is 1.91. The molecule has 0 fully saturated rings. The Morgan fingerprint density at radius 2 is 1.68 bits per heavy atom. The van der Waals surface area contributed by atoms with Gasteiger partial charge in [-0.25, -0.2) is 13.2 Å². The molecular formula is C28H25Cl3N2O6S. The number of hydrogen-bond donors (Lipinski definition) is 1. The van der Waals surface area contributed by atoms with E-state index in [1.807, 2.05) is 13.8 Å². The number of ether oxygens (including phenoxy) is 1. The molecule has 0 aliphatic rings. The number of carboxylic acid groups (broad SMARTS) is 1. The van der Waals surface area contributed by atoms with Crippen LogP contribution < -0.4 is 9.04 Å². The number of halogens is 3. The fourth-order valence-electron chi connectivity index (χ4n) is 4.14. The summed E-state index contributed by atoms with van der Waals surface area (Å²) in [4.78, 5) is 11.1. The first-order valence-electron chi connectivity index (χ1n) is 12.2. The lowest BCUT2D eigenvalue weighted by atomic mass is 10.0. The Kier molecular flexibility index (Phi) is 8.99. The van der Waals surface area contributed by atoms with Crippen LogP contribution in [0, 0.1) is 0 Å². The summed E-state index contributed by atoms with van der Waals surface area (Å²) in [7, 11) is -4.02. The molecule has 1 heterocycles. The maximum absolute atomic E-state index is 13.3. The lowest BCUT2D eigenvalue weighted by molar-refractivity contribution is 0.0696. The number of benzene rings is 3. The smallest absolute Gasteiger partial charge is 0.335 e. The quantitative estimate of drug-likeness (QED) is 0.191. The van der Waals surface area contributed by atoms with Gasteiger partial charge >= 0.3 is 5.97 Å². The monoisotopic (exact) mass is 622 g/mol. The summed E-state index contributed by atoms with van der Waals surface area (Å²) in [5, 5.41) is 14.3. The molecule has 40 heavy (non-hydrogen) atoms. The van der Waals surface area contributed by atoms with Crippen LogP contribution in [0.4, 0.5) is 5.69 Å². The van der Waals surface area contributed by atoms with Crippen LogP contribution in [0.5, 0.6) is 5.75 Å². The number of carbonyl (C=O) groups is 1. The van der Waals surface area contributed by atoms with Gasteiger partial charge in [-0.2, -0.15) is 0 Å². The summed E-state index contributed by atoms with van der Waals surface area (Å²) >= 11 is 19.4. The summed E-state index contributed by atoms with van der Waals surface area (Å²) < 4.78 is 39.5. The van der Waals surface area contributed by atoms with Crippen molar-refractivity contribution in [2.45, 2.75) is 38.2 Å². The zero-order valence-electron chi connectivity index (χ0n) is 21.7. The number of hydrogen-bond acceptors (Lipinski definition) is 6. The minimum Gasteiger partial charge on any atom is -0.489 e. The van der Waals surface area contributed by atoms with E-state index in [0.29, 0.717) is 38.4 Å². The van der Waals surface area contributed by atoms with E-state index in [4.69, 9.17) is 49.2 Å². The van der Waals surface area contributed by atoms with Crippen LogP contribution in [0.15, 0.2) is 70.1 Å². The Balaban J connectivity index is 1.62. The Labute approximate surface area is 247 Å². The molecule has 0 saturated carbocycles. The van der Waals surface area contributed by atoms with E-state index < -0.39 is 16.0 Å². The predicted molar refractivity (Wildman–Crippen MR) is 155 cm³/mol. The molecule has 3 aromatic carbocycles. The molecule has 1 N–H and O–H groups in total. The molecule has 0 aliphatic heterocycles. The number of aromatic carboxylic acids is 1. The zero-order chi connectivity index (χ0) is 29.2. The van der Waals surface area contributed by atoms with Crippen LogP contribution in [0.25, 0.3) is 11.3 Å². The molecule has 0 bridgehead atoms. The minimum atomic E-state index is -4.02. The Morgan fingerprint density at radius 1 is 1.02 bits per heavy atom. The van der Waals surface area contributed by atoms with Gasteiger partial charge in [-0.3, -0.25) is 4.31 Å². The van der Waals surface area contributed by atoms with E-state index in [-0.39, 0.29) is 40.2 Å². The van der Waals surface area contributed by atoms with Crippen LogP contribution in [0.3, 0.4) is 0 Å². The summed E-state index contributed by atoms with van der Waals surface area (Å²) in [5.74, 6) is -0.144. The first kappa shape index (κ1) is 29.7. The van der Waals surface area contributed by atoms with Crippen molar-refractivity contribution in [2.24, 2.45) is 0 Å². The molecule has 12 heteroatoms. The van der Waals surface area contributed by atoms with Crippen molar-refractivity contribution >= 4 is 56.5 Å². The highest BCUT2D eigenvalue weighted by Crippen LogP contribution is 2.39. The highest BCUT2D eigenvalue weighted by atomic mass is 35.5. The van der Waals surface area contributed by atoms with Crippen molar-refractivity contribution in [2.75, 3.05) is 10.8 Å². The Hall–Kier alpha value is -3.24. The average Bonchev–Trinajstić information content (AvgIpc) is 3.32. The van der Waals surface area contributed by atoms with E-state index in [1.54, 1.807) is 37.3 Å². The van der Waals surface area contributed by atoms with Gasteiger partial charge in [-0.05, 0) is 55.5 Å². The fourth-order valence-corrected chi connectivity index (χ4v) is 6.53. The molecular weight excluding hydrogens is 599 g/mol. The Morgan fingerprint density at radius 3 is 2.23 bits per heavy atom. The van der Waals surface area contributed by atoms with Gasteiger partial charge in [0.15, 0.2) is 0 Å². The first-order valence-corrected chi connectivity index (χ1v) is 14.7. The van der Waals surface area contributed by atoms with Crippen LogP contribution in [-0.2, 0) is 16.6 Å². The molecule has 0 unspecified atom stereocenters. The molecule has 0 radical (unpaired) electrons. The maximum Gasteiger partial charge on any atom is 0.335 e. The van der Waals surface area contributed by atoms with Gasteiger partial charge < -0.3 is 14.4 Å². The van der Waals surface area contributed by atoms with Crippen molar-refractivity contribution < 1.29 is 27.6 Å². The zero-order valence-corrected chi connectivity index (χ0v) is 24.8. The van der Waals surface area contributed by atoms with Gasteiger partial charge in [0.25, 0.3) is 10.0 Å². The van der Waals surface area contributed by atoms with Gasteiger partial charge in [0.2, 0.25) is 0 Å². The predicted octanol–water partition coefficient (Wildman–Crippen LogP) is 7.92. The molecule has 0 amide bonds. The highest BCUT2D eigenvalue weighted by molar-refractivity contribution is 7.92. The number of anilines is 1. The molecule has 4 aromatic rings. The van der Waals surface area contributed by atoms with Gasteiger partial charge in [0.05, 0.1) is 36.8 Å². The molecule has 0 saturated heterocycles. The number of rotatable bonds is 10. The standard InChI is InChI=1S/C28H25Cl3N2O6S/c1-4-33(40(36,37)19-11-8-17(9-12-19)28(34)35)24-13-10-18(14-23(24)31)38-15-20-26(32-39-27(20)16(2)3)25-21(29)6-5-7-22(25)30/h5-14,16H,4,15H2,1-3H3,(H,34,35). The maximum atomic E-state index is 13.3. The van der Waals surface area contributed by atoms with Gasteiger partial charge in [-0.15, -0.1) is 0 Å². The van der Waals surface area contributed by atoms with Crippen LogP contribution in [-0.4, -0.2) is 31.2 Å². The first-order chi connectivity index (χ1) is 18.9. The number of sulfonamides is 1. The molecule has 0 atom stereocenters. The van der Waals surface area contributed by atoms with Crippen LogP contribution >= 0.6 is 34.8 Å². The lowest BCUT2D eigenvalue weighted by Gasteiger charge is -2.24. The van der Waals surface area contributed by atoms with Crippen molar-refractivity contribution in [3.8, 4) is 17.0 Å². The van der Waals surface area contributed by atoms with E-state index in [2.05, 4.69) is 5.16 Å². The summed E-state index contributed by atoms with van der Waals surface area (Å²) in [6.45, 7) is 5.74. The summed E-state index contributed by atoms with van der Waals surface area (Å²) in [6, 6.07) is 14.8. The SMILES string of the molecule is CCN(c1ccc(OCc2c(-c3c(Cl)cccc3Cl)noc2C(C)C)cc1Cl)S(=O)(=O)c1ccc(C(=O)O)cc1. The topological polar surface area (TPSA) is 110 Å². The molecule has 8 nitrogen and oxygen atoms in total. The molecule has 0 aliphatic carbocycles. The lowest BCUT2D eigenvalue weighted by Crippen LogP contribution is -2.31. The molecule has 210 valence electrons. The number of carboxylic acids is 1. The van der Waals surface area contributed by atoms with Crippen LogP contribution in [0.1, 0.15) is 48.4 Å². The van der Waals surface area contributed by atoms with Crippen molar-refractivity contribution in [3.05, 3.63) is 92.6 Å². The average molecular weight is 624 g/mol. The number of aromatic nitrogens is 1. The molecule has 4 rings (SSSR count). The fraction of sp³-hybridized carbons (Fsp3) is 0.214. The van der Waals surface area contributed by atoms with Crippen LogP contribution in [0.2, 0.25) is 15.1 Å². The van der Waals surface area contributed by atoms with Gasteiger partial charge in [-0.1, -0.05) is 59.9 Å². The van der Waals surface area contributed by atoms with E-state index >= 15 is 0 Å². The van der Waals surface area contributed by atoms with E-state index in [1.165, 1.54) is 30.3 Å². The van der Waals surface area contributed by atoms with E-state index in [0.717, 1.165) is 4.31 Å². The largest absolute Gasteiger partial charge is 0.489 e. The third-order valence-corrected chi connectivity index (χ3v) is 8.93. The second kappa shape index (κ2) is 12.1. The molecule has 0 spiro atoms. The Bertz CT molecular complexity index is 1630.